The summed E-state index contributed by atoms with van der Waals surface area (Å²) in [4.78, 5) is 12.1. The molecule has 2 rings (SSSR count). The summed E-state index contributed by atoms with van der Waals surface area (Å²) in [5.74, 6) is 1.01. The Balaban J connectivity index is 1.84. The van der Waals surface area contributed by atoms with E-state index >= 15 is 0 Å². The summed E-state index contributed by atoms with van der Waals surface area (Å²) in [5, 5.41) is 3.57. The summed E-state index contributed by atoms with van der Waals surface area (Å²) in [6.07, 6.45) is 0. The van der Waals surface area contributed by atoms with Crippen molar-refractivity contribution in [3.63, 3.8) is 0 Å². The topological polar surface area (TPSA) is 38.3 Å². The summed E-state index contributed by atoms with van der Waals surface area (Å²) < 4.78 is 18.5. The highest BCUT2D eigenvalue weighted by molar-refractivity contribution is 7.99. The third-order valence-corrected chi connectivity index (χ3v) is 4.68. The Hall–Kier alpha value is -1.72. The average Bonchev–Trinajstić information content (AvgIpc) is 2.55. The molecule has 2 aromatic rings. The van der Waals surface area contributed by atoms with Crippen LogP contribution in [0.15, 0.2) is 42.5 Å². The van der Waals surface area contributed by atoms with Crippen LogP contribution in [0, 0.1) is 5.82 Å². The quantitative estimate of drug-likeness (QED) is 0.777. The van der Waals surface area contributed by atoms with Crippen molar-refractivity contribution in [3.8, 4) is 5.75 Å². The maximum absolute atomic E-state index is 13.3. The van der Waals surface area contributed by atoms with Crippen molar-refractivity contribution < 1.29 is 13.9 Å². The second kappa shape index (κ2) is 8.94. The highest BCUT2D eigenvalue weighted by Crippen LogP contribution is 2.24. The second-order valence-corrected chi connectivity index (χ2v) is 6.72. The lowest BCUT2D eigenvalue weighted by Crippen LogP contribution is -2.28. The first kappa shape index (κ1) is 18.6. The van der Waals surface area contributed by atoms with Crippen molar-refractivity contribution in [1.82, 2.24) is 5.32 Å². The Morgan fingerprint density at radius 3 is 2.83 bits per heavy atom. The summed E-state index contributed by atoms with van der Waals surface area (Å²) in [6.45, 7) is 1.91. The molecule has 1 atom stereocenters. The minimum absolute atomic E-state index is 0.0807. The molecule has 0 spiro atoms. The predicted octanol–water partition coefficient (Wildman–Crippen LogP) is 4.60. The van der Waals surface area contributed by atoms with E-state index in [0.717, 1.165) is 11.1 Å². The molecular weight excluding hydrogens is 349 g/mol. The van der Waals surface area contributed by atoms with Gasteiger partial charge in [0.1, 0.15) is 11.6 Å². The van der Waals surface area contributed by atoms with Crippen molar-refractivity contribution in [2.45, 2.75) is 18.7 Å². The van der Waals surface area contributed by atoms with Gasteiger partial charge >= 0.3 is 0 Å². The summed E-state index contributed by atoms with van der Waals surface area (Å²) in [6, 6.07) is 11.6. The molecule has 2 aromatic carbocycles. The fourth-order valence-electron chi connectivity index (χ4n) is 2.26. The largest absolute Gasteiger partial charge is 0.496 e. The van der Waals surface area contributed by atoms with Gasteiger partial charge in [0.25, 0.3) is 0 Å². The van der Waals surface area contributed by atoms with Gasteiger partial charge in [0.05, 0.1) is 18.9 Å². The molecule has 0 aromatic heterocycles. The van der Waals surface area contributed by atoms with Gasteiger partial charge in [0, 0.05) is 16.3 Å². The predicted molar refractivity (Wildman–Crippen MR) is 97.1 cm³/mol. The minimum Gasteiger partial charge on any atom is -0.496 e. The first-order valence-corrected chi connectivity index (χ1v) is 8.98. The molecule has 3 nitrogen and oxygen atoms in total. The normalized spacial score (nSPS) is 11.8. The van der Waals surface area contributed by atoms with Crippen molar-refractivity contribution in [2.75, 3.05) is 12.9 Å². The SMILES string of the molecule is COc1ccc(F)cc1CSCC(=O)N[C@H](C)c1cccc(Cl)c1. The molecule has 0 heterocycles. The third-order valence-electron chi connectivity index (χ3n) is 3.46. The van der Waals surface area contributed by atoms with Crippen LogP contribution in [-0.4, -0.2) is 18.8 Å². The van der Waals surface area contributed by atoms with E-state index in [-0.39, 0.29) is 23.5 Å². The number of methoxy groups -OCH3 is 1. The Morgan fingerprint density at radius 1 is 1.33 bits per heavy atom. The van der Waals surface area contributed by atoms with Gasteiger partial charge in [-0.05, 0) is 42.8 Å². The van der Waals surface area contributed by atoms with E-state index in [1.54, 1.807) is 19.2 Å². The van der Waals surface area contributed by atoms with E-state index in [2.05, 4.69) is 5.32 Å². The molecule has 1 amide bonds. The number of thioether (sulfide) groups is 1. The molecular formula is C18H19ClFNO2S. The number of rotatable bonds is 7. The van der Waals surface area contributed by atoms with Gasteiger partial charge in [-0.25, -0.2) is 4.39 Å². The van der Waals surface area contributed by atoms with Crippen LogP contribution in [0.1, 0.15) is 24.1 Å². The van der Waals surface area contributed by atoms with Crippen LogP contribution in [-0.2, 0) is 10.5 Å². The highest BCUT2D eigenvalue weighted by atomic mass is 35.5. The van der Waals surface area contributed by atoms with E-state index in [1.165, 1.54) is 23.9 Å². The van der Waals surface area contributed by atoms with Gasteiger partial charge in [-0.2, -0.15) is 0 Å². The van der Waals surface area contributed by atoms with Gasteiger partial charge in [-0.1, -0.05) is 23.7 Å². The molecule has 0 saturated heterocycles. The van der Waals surface area contributed by atoms with Crippen LogP contribution in [0.2, 0.25) is 5.02 Å². The number of carbonyl (C=O) groups excluding carboxylic acids is 1. The van der Waals surface area contributed by atoms with Crippen LogP contribution >= 0.6 is 23.4 Å². The molecule has 0 unspecified atom stereocenters. The summed E-state index contributed by atoms with van der Waals surface area (Å²) in [7, 11) is 1.54. The zero-order chi connectivity index (χ0) is 17.5. The average molecular weight is 368 g/mol. The number of nitrogens with one attached hydrogen (secondary N) is 1. The number of amides is 1. The van der Waals surface area contributed by atoms with Gasteiger partial charge < -0.3 is 10.1 Å². The molecule has 0 aliphatic rings. The number of ether oxygens (including phenoxy) is 1. The molecule has 1 N–H and O–H groups in total. The Labute approximate surface area is 150 Å². The minimum atomic E-state index is -0.314. The van der Waals surface area contributed by atoms with Crippen molar-refractivity contribution >= 4 is 29.3 Å². The van der Waals surface area contributed by atoms with E-state index in [0.29, 0.717) is 16.5 Å². The van der Waals surface area contributed by atoms with E-state index in [1.807, 2.05) is 25.1 Å². The monoisotopic (exact) mass is 367 g/mol. The first-order valence-electron chi connectivity index (χ1n) is 7.44. The summed E-state index contributed by atoms with van der Waals surface area (Å²) >= 11 is 7.37. The molecule has 24 heavy (non-hydrogen) atoms. The third kappa shape index (κ3) is 5.42. The smallest absolute Gasteiger partial charge is 0.230 e. The molecule has 0 bridgehead atoms. The number of hydrogen-bond acceptors (Lipinski definition) is 3. The Kier molecular flexibility index (Phi) is 6.94. The fourth-order valence-corrected chi connectivity index (χ4v) is 3.27. The second-order valence-electron chi connectivity index (χ2n) is 5.29. The van der Waals surface area contributed by atoms with Gasteiger partial charge in [-0.15, -0.1) is 11.8 Å². The van der Waals surface area contributed by atoms with E-state index in [9.17, 15) is 9.18 Å². The molecule has 0 aliphatic carbocycles. The number of hydrogen-bond donors (Lipinski definition) is 1. The molecule has 128 valence electrons. The lowest BCUT2D eigenvalue weighted by Gasteiger charge is -2.14. The zero-order valence-electron chi connectivity index (χ0n) is 13.5. The maximum Gasteiger partial charge on any atom is 0.230 e. The lowest BCUT2D eigenvalue weighted by molar-refractivity contribution is -0.119. The van der Waals surface area contributed by atoms with Crippen LogP contribution < -0.4 is 10.1 Å². The van der Waals surface area contributed by atoms with Crippen molar-refractivity contribution in [2.24, 2.45) is 0 Å². The van der Waals surface area contributed by atoms with Crippen molar-refractivity contribution in [1.29, 1.82) is 0 Å². The molecule has 0 aliphatic heterocycles. The van der Waals surface area contributed by atoms with Crippen LogP contribution in [0.3, 0.4) is 0 Å². The number of benzene rings is 2. The lowest BCUT2D eigenvalue weighted by atomic mass is 10.1. The van der Waals surface area contributed by atoms with Gasteiger partial charge in [0.15, 0.2) is 0 Å². The highest BCUT2D eigenvalue weighted by Gasteiger charge is 2.11. The molecule has 0 saturated carbocycles. The van der Waals surface area contributed by atoms with E-state index < -0.39 is 0 Å². The van der Waals surface area contributed by atoms with Crippen molar-refractivity contribution in [3.05, 3.63) is 64.4 Å². The van der Waals surface area contributed by atoms with Gasteiger partial charge in [0.2, 0.25) is 5.91 Å². The first-order chi connectivity index (χ1) is 11.5. The van der Waals surface area contributed by atoms with Crippen LogP contribution in [0.4, 0.5) is 4.39 Å². The van der Waals surface area contributed by atoms with E-state index in [4.69, 9.17) is 16.3 Å². The number of halogens is 2. The Bertz CT molecular complexity index is 711. The molecule has 6 heteroatoms. The summed E-state index contributed by atoms with van der Waals surface area (Å²) in [5.41, 5.74) is 1.69. The molecule has 0 radical (unpaired) electrons. The number of carbonyl (C=O) groups is 1. The van der Waals surface area contributed by atoms with Crippen LogP contribution in [0.25, 0.3) is 0 Å². The van der Waals surface area contributed by atoms with Gasteiger partial charge in [-0.3, -0.25) is 4.79 Å². The maximum atomic E-state index is 13.3. The standard InChI is InChI=1S/C18H19ClFNO2S/c1-12(13-4-3-5-15(19)8-13)21-18(22)11-24-10-14-9-16(20)6-7-17(14)23-2/h3-9,12H,10-11H2,1-2H3,(H,21,22)/t12-/m1/s1. The zero-order valence-corrected chi connectivity index (χ0v) is 15.1. The van der Waals surface area contributed by atoms with Crippen LogP contribution in [0.5, 0.6) is 5.75 Å². The Morgan fingerprint density at radius 2 is 2.12 bits per heavy atom. The molecule has 0 fully saturated rings. The fraction of sp³-hybridized carbons (Fsp3) is 0.278.